The average molecular weight is 417 g/mol. The maximum absolute atomic E-state index is 5.90. The summed E-state index contributed by atoms with van der Waals surface area (Å²) in [5.41, 5.74) is 5.95. The fourth-order valence-electron chi connectivity index (χ4n) is 4.51. The van der Waals surface area contributed by atoms with Crippen LogP contribution in [-0.4, -0.2) is 49.2 Å². The van der Waals surface area contributed by atoms with Gasteiger partial charge in [-0.25, -0.2) is 0 Å². The van der Waals surface area contributed by atoms with E-state index in [9.17, 15) is 0 Å². The van der Waals surface area contributed by atoms with Crippen LogP contribution in [0.1, 0.15) is 36.8 Å². The van der Waals surface area contributed by atoms with Gasteiger partial charge >= 0.3 is 0 Å². The van der Waals surface area contributed by atoms with Crippen molar-refractivity contribution in [3.63, 3.8) is 0 Å². The largest absolute Gasteiger partial charge is 0.373 e. The number of rotatable bonds is 8. The molecule has 2 aliphatic rings. The van der Waals surface area contributed by atoms with Gasteiger partial charge < -0.3 is 4.74 Å². The van der Waals surface area contributed by atoms with E-state index in [4.69, 9.17) is 4.74 Å². The van der Waals surface area contributed by atoms with E-state index >= 15 is 0 Å². The van der Waals surface area contributed by atoms with Gasteiger partial charge in [0, 0.05) is 39.3 Å². The molecule has 2 saturated heterocycles. The monoisotopic (exact) mass is 416 g/mol. The maximum atomic E-state index is 5.90. The summed E-state index contributed by atoms with van der Waals surface area (Å²) in [5, 5.41) is 0. The highest BCUT2D eigenvalue weighted by Crippen LogP contribution is 2.19. The fourth-order valence-corrected chi connectivity index (χ4v) is 4.51. The number of hydrogen-bond acceptors (Lipinski definition) is 3. The highest BCUT2D eigenvalue weighted by molar-refractivity contribution is 5.16. The molecule has 3 heteroatoms. The number of benzene rings is 2. The molecule has 3 nitrogen and oxygen atoms in total. The number of piperidine rings is 2. The first-order valence-electron chi connectivity index (χ1n) is 11.8. The predicted molar refractivity (Wildman–Crippen MR) is 129 cm³/mol. The molecule has 0 amide bonds. The molecule has 0 spiro atoms. The predicted octanol–water partition coefficient (Wildman–Crippen LogP) is 5.45. The smallest absolute Gasteiger partial charge is 0.0654 e. The highest BCUT2D eigenvalue weighted by atomic mass is 16.5. The first-order valence-corrected chi connectivity index (χ1v) is 11.8. The van der Waals surface area contributed by atoms with E-state index in [0.717, 1.165) is 52.5 Å². The van der Waals surface area contributed by atoms with Gasteiger partial charge in [0.2, 0.25) is 0 Å². The van der Waals surface area contributed by atoms with Gasteiger partial charge in [-0.3, -0.25) is 9.80 Å². The van der Waals surface area contributed by atoms with E-state index in [1.54, 1.807) is 11.1 Å². The lowest BCUT2D eigenvalue weighted by molar-refractivity contribution is 0.189. The van der Waals surface area contributed by atoms with Crippen molar-refractivity contribution in [2.45, 2.75) is 38.8 Å². The average Bonchev–Trinajstić information content (AvgIpc) is 2.82. The molecule has 2 aromatic rings. The molecular formula is C28H36N2O. The van der Waals surface area contributed by atoms with Crippen molar-refractivity contribution in [1.82, 2.24) is 9.80 Å². The van der Waals surface area contributed by atoms with Crippen LogP contribution >= 0.6 is 0 Å². The molecule has 0 unspecified atom stereocenters. The van der Waals surface area contributed by atoms with E-state index in [-0.39, 0.29) is 0 Å². The van der Waals surface area contributed by atoms with Crippen molar-refractivity contribution in [3.8, 4) is 0 Å². The quantitative estimate of drug-likeness (QED) is 0.420. The minimum atomic E-state index is 0.748. The zero-order valence-corrected chi connectivity index (χ0v) is 18.7. The molecule has 2 aliphatic heterocycles. The number of ether oxygens (including phenoxy) is 1. The van der Waals surface area contributed by atoms with Crippen LogP contribution in [0.15, 0.2) is 84.0 Å². The van der Waals surface area contributed by atoms with Gasteiger partial charge in [0.05, 0.1) is 13.2 Å². The molecule has 2 heterocycles. The summed E-state index contributed by atoms with van der Waals surface area (Å²) < 4.78 is 5.90. The van der Waals surface area contributed by atoms with Gasteiger partial charge in [0.1, 0.15) is 0 Å². The third kappa shape index (κ3) is 7.46. The minimum Gasteiger partial charge on any atom is -0.373 e. The molecule has 0 aromatic heterocycles. The fraction of sp³-hybridized carbons (Fsp3) is 0.429. The standard InChI is InChI=1S/C28H36N2O/c1-3-7-27(8-4-1)23-29-17-11-25(12-18-29)15-21-31-22-16-26-13-19-30(20-14-26)24-28-9-5-2-6-10-28/h1-10,15-16H,11-14,17-24H2. The molecule has 31 heavy (non-hydrogen) atoms. The Labute approximate surface area is 188 Å². The first kappa shape index (κ1) is 22.0. The highest BCUT2D eigenvalue weighted by Gasteiger charge is 2.15. The summed E-state index contributed by atoms with van der Waals surface area (Å²) in [5.74, 6) is 0. The van der Waals surface area contributed by atoms with Crippen LogP contribution in [0.3, 0.4) is 0 Å². The van der Waals surface area contributed by atoms with Gasteiger partial charge in [0.15, 0.2) is 0 Å². The molecule has 4 rings (SSSR count). The van der Waals surface area contributed by atoms with Crippen LogP contribution in [0.25, 0.3) is 0 Å². The molecule has 0 aliphatic carbocycles. The van der Waals surface area contributed by atoms with E-state index in [2.05, 4.69) is 82.6 Å². The molecule has 0 bridgehead atoms. The van der Waals surface area contributed by atoms with E-state index < -0.39 is 0 Å². The van der Waals surface area contributed by atoms with Crippen molar-refractivity contribution in [1.29, 1.82) is 0 Å². The third-order valence-electron chi connectivity index (χ3n) is 6.47. The Morgan fingerprint density at radius 2 is 0.968 bits per heavy atom. The summed E-state index contributed by atoms with van der Waals surface area (Å²) >= 11 is 0. The van der Waals surface area contributed by atoms with Gasteiger partial charge in [-0.15, -0.1) is 0 Å². The maximum Gasteiger partial charge on any atom is 0.0654 e. The van der Waals surface area contributed by atoms with Crippen molar-refractivity contribution >= 4 is 0 Å². The molecule has 2 fully saturated rings. The van der Waals surface area contributed by atoms with Gasteiger partial charge in [-0.2, -0.15) is 0 Å². The Balaban J connectivity index is 1.09. The second-order valence-electron chi connectivity index (χ2n) is 8.79. The molecule has 0 atom stereocenters. The topological polar surface area (TPSA) is 15.7 Å². The van der Waals surface area contributed by atoms with Crippen LogP contribution in [0, 0.1) is 0 Å². The summed E-state index contributed by atoms with van der Waals surface area (Å²) in [6.07, 6.45) is 9.34. The lowest BCUT2D eigenvalue weighted by atomic mass is 10.0. The molecule has 0 radical (unpaired) electrons. The van der Waals surface area contributed by atoms with Gasteiger partial charge in [0.25, 0.3) is 0 Å². The Hall–Kier alpha value is -2.20. The number of nitrogens with zero attached hydrogens (tertiary/aromatic N) is 2. The third-order valence-corrected chi connectivity index (χ3v) is 6.47. The summed E-state index contributed by atoms with van der Waals surface area (Å²) in [6.45, 7) is 8.26. The summed E-state index contributed by atoms with van der Waals surface area (Å²) in [6, 6.07) is 21.6. The molecule has 2 aromatic carbocycles. The van der Waals surface area contributed by atoms with Crippen molar-refractivity contribution < 1.29 is 4.74 Å². The molecule has 0 N–H and O–H groups in total. The van der Waals surface area contributed by atoms with Crippen molar-refractivity contribution in [3.05, 3.63) is 95.1 Å². The lowest BCUT2D eigenvalue weighted by Gasteiger charge is -2.28. The summed E-state index contributed by atoms with van der Waals surface area (Å²) in [7, 11) is 0. The van der Waals surface area contributed by atoms with E-state index in [1.807, 2.05) is 0 Å². The van der Waals surface area contributed by atoms with Crippen molar-refractivity contribution in [2.24, 2.45) is 0 Å². The van der Waals surface area contributed by atoms with E-state index in [0.29, 0.717) is 0 Å². The van der Waals surface area contributed by atoms with Crippen LogP contribution in [-0.2, 0) is 17.8 Å². The van der Waals surface area contributed by atoms with Gasteiger partial charge in [-0.05, 0) is 36.8 Å². The zero-order chi connectivity index (χ0) is 21.1. The molecule has 0 saturated carbocycles. The number of likely N-dealkylation sites (tertiary alicyclic amines) is 2. The minimum absolute atomic E-state index is 0.748. The number of hydrogen-bond donors (Lipinski definition) is 0. The normalized spacial score (nSPS) is 18.2. The zero-order valence-electron chi connectivity index (χ0n) is 18.7. The van der Waals surface area contributed by atoms with Crippen molar-refractivity contribution in [2.75, 3.05) is 39.4 Å². The Morgan fingerprint density at radius 1 is 0.581 bits per heavy atom. The Kier molecular flexibility index (Phi) is 8.52. The molecular weight excluding hydrogens is 380 g/mol. The van der Waals surface area contributed by atoms with Crippen LogP contribution in [0.5, 0.6) is 0 Å². The Bertz CT molecular complexity index is 752. The van der Waals surface area contributed by atoms with E-state index in [1.165, 1.54) is 36.8 Å². The molecule has 164 valence electrons. The lowest BCUT2D eigenvalue weighted by Crippen LogP contribution is -2.30. The second kappa shape index (κ2) is 12.0. The first-order chi connectivity index (χ1) is 15.3. The second-order valence-corrected chi connectivity index (χ2v) is 8.79. The van der Waals surface area contributed by atoms with Crippen LogP contribution in [0.4, 0.5) is 0 Å². The SMILES string of the molecule is C(COCC=C1CCN(Cc2ccccc2)CC1)=C1CCN(Cc2ccccc2)CC1. The van der Waals surface area contributed by atoms with Crippen LogP contribution < -0.4 is 0 Å². The van der Waals surface area contributed by atoms with Crippen LogP contribution in [0.2, 0.25) is 0 Å². The summed E-state index contributed by atoms with van der Waals surface area (Å²) in [4.78, 5) is 5.12. The van der Waals surface area contributed by atoms with Gasteiger partial charge in [-0.1, -0.05) is 84.0 Å². The Morgan fingerprint density at radius 3 is 1.35 bits per heavy atom.